The Kier molecular flexibility index (Phi) is 4.22. The summed E-state index contributed by atoms with van der Waals surface area (Å²) in [5, 5.41) is 9.03. The molecule has 1 N–H and O–H groups in total. The zero-order valence-corrected chi connectivity index (χ0v) is 10.2. The fourth-order valence-electron chi connectivity index (χ4n) is 1.72. The molecule has 0 amide bonds. The second kappa shape index (κ2) is 5.03. The average molecular weight is 229 g/mol. The molecule has 0 aromatic rings. The third kappa shape index (κ3) is 3.54. The van der Waals surface area contributed by atoms with Crippen molar-refractivity contribution in [1.82, 2.24) is 4.90 Å². The van der Waals surface area contributed by atoms with Crippen LogP contribution in [0.15, 0.2) is 12.7 Å². The number of rotatable bonds is 3. The van der Waals surface area contributed by atoms with Gasteiger partial charge < -0.3 is 5.11 Å². The van der Waals surface area contributed by atoms with E-state index in [0.717, 1.165) is 25.3 Å². The van der Waals surface area contributed by atoms with E-state index in [1.165, 1.54) is 6.08 Å². The number of thioether (sulfide) groups is 1. The van der Waals surface area contributed by atoms with Crippen molar-refractivity contribution in [2.45, 2.75) is 31.1 Å². The maximum Gasteiger partial charge on any atom is 0.324 e. The second-order valence-corrected chi connectivity index (χ2v) is 6.21. The molecule has 3 nitrogen and oxygen atoms in total. The summed E-state index contributed by atoms with van der Waals surface area (Å²) in [5.74, 6) is 0.194. The molecule has 1 aliphatic heterocycles. The highest BCUT2D eigenvalue weighted by Gasteiger charge is 2.28. The summed E-state index contributed by atoms with van der Waals surface area (Å²) in [4.78, 5) is 13.0. The van der Waals surface area contributed by atoms with Gasteiger partial charge in [-0.05, 0) is 6.42 Å². The molecule has 1 aliphatic rings. The van der Waals surface area contributed by atoms with E-state index in [9.17, 15) is 4.79 Å². The lowest BCUT2D eigenvalue weighted by Gasteiger charge is -2.25. The van der Waals surface area contributed by atoms with E-state index >= 15 is 0 Å². The molecule has 0 radical (unpaired) electrons. The van der Waals surface area contributed by atoms with Gasteiger partial charge in [-0.15, -0.1) is 6.58 Å². The lowest BCUT2D eigenvalue weighted by Crippen LogP contribution is -2.41. The van der Waals surface area contributed by atoms with Crippen LogP contribution >= 0.6 is 11.8 Å². The minimum atomic E-state index is -0.797. The Morgan fingerprint density at radius 2 is 2.27 bits per heavy atom. The van der Waals surface area contributed by atoms with Gasteiger partial charge in [-0.25, -0.2) is 0 Å². The summed E-state index contributed by atoms with van der Waals surface area (Å²) in [6.07, 6.45) is 2.54. The fourth-order valence-corrected chi connectivity index (χ4v) is 2.83. The van der Waals surface area contributed by atoms with E-state index in [2.05, 4.69) is 20.4 Å². The van der Waals surface area contributed by atoms with Crippen molar-refractivity contribution >= 4 is 17.7 Å². The van der Waals surface area contributed by atoms with Crippen LogP contribution in [0.2, 0.25) is 0 Å². The third-order valence-electron chi connectivity index (χ3n) is 2.74. The first-order chi connectivity index (χ1) is 6.96. The standard InChI is InChI=1S/C11H19NO2S/c1-4-9(10(13)14)12-6-5-11(2,3)15-8-7-12/h4,9H,1,5-8H2,2-3H3,(H,13,14). The molecule has 0 spiro atoms. The SMILES string of the molecule is C=CC(C(=O)O)N1CCSC(C)(C)CC1. The minimum Gasteiger partial charge on any atom is -0.480 e. The molecule has 0 bridgehead atoms. The Hall–Kier alpha value is -0.480. The number of carboxylic acids is 1. The number of carbonyl (C=O) groups is 1. The van der Waals surface area contributed by atoms with E-state index in [1.54, 1.807) is 0 Å². The van der Waals surface area contributed by atoms with Gasteiger partial charge in [0.2, 0.25) is 0 Å². The van der Waals surface area contributed by atoms with Crippen LogP contribution in [0.4, 0.5) is 0 Å². The predicted molar refractivity (Wildman–Crippen MR) is 64.3 cm³/mol. The molecule has 0 aromatic heterocycles. The highest BCUT2D eigenvalue weighted by atomic mass is 32.2. The predicted octanol–water partition coefficient (Wildman–Crippen LogP) is 1.84. The third-order valence-corrected chi connectivity index (χ3v) is 4.11. The molecular formula is C11H19NO2S. The second-order valence-electron chi connectivity index (χ2n) is 4.41. The fraction of sp³-hybridized carbons (Fsp3) is 0.727. The first kappa shape index (κ1) is 12.6. The quantitative estimate of drug-likeness (QED) is 0.750. The van der Waals surface area contributed by atoms with Crippen molar-refractivity contribution in [3.05, 3.63) is 12.7 Å². The zero-order valence-electron chi connectivity index (χ0n) is 9.40. The van der Waals surface area contributed by atoms with Crippen LogP contribution in [-0.4, -0.2) is 45.6 Å². The van der Waals surface area contributed by atoms with Crippen molar-refractivity contribution in [3.8, 4) is 0 Å². The Morgan fingerprint density at radius 1 is 1.60 bits per heavy atom. The summed E-state index contributed by atoms with van der Waals surface area (Å²) in [6, 6.07) is -0.528. The molecule has 1 fully saturated rings. The van der Waals surface area contributed by atoms with Gasteiger partial charge in [-0.2, -0.15) is 11.8 Å². The van der Waals surface area contributed by atoms with Crippen LogP contribution in [0.1, 0.15) is 20.3 Å². The van der Waals surface area contributed by atoms with Gasteiger partial charge in [-0.3, -0.25) is 9.69 Å². The Morgan fingerprint density at radius 3 is 2.80 bits per heavy atom. The van der Waals surface area contributed by atoms with Crippen LogP contribution in [0.5, 0.6) is 0 Å². The minimum absolute atomic E-state index is 0.263. The molecule has 1 rings (SSSR count). The van der Waals surface area contributed by atoms with Gasteiger partial charge in [0.05, 0.1) is 0 Å². The topological polar surface area (TPSA) is 40.5 Å². The zero-order chi connectivity index (χ0) is 11.5. The highest BCUT2D eigenvalue weighted by molar-refractivity contribution is 8.00. The summed E-state index contributed by atoms with van der Waals surface area (Å²) in [7, 11) is 0. The number of aliphatic carboxylic acids is 1. The van der Waals surface area contributed by atoms with E-state index in [4.69, 9.17) is 5.11 Å². The molecule has 86 valence electrons. The van der Waals surface area contributed by atoms with Gasteiger partial charge in [0.25, 0.3) is 0 Å². The summed E-state index contributed by atoms with van der Waals surface area (Å²) in [6.45, 7) is 9.69. The molecule has 1 heterocycles. The lowest BCUT2D eigenvalue weighted by molar-refractivity contribution is -0.141. The summed E-state index contributed by atoms with van der Waals surface area (Å²) >= 11 is 1.92. The average Bonchev–Trinajstić information content (AvgIpc) is 2.28. The molecule has 0 saturated carbocycles. The van der Waals surface area contributed by atoms with Gasteiger partial charge >= 0.3 is 5.97 Å². The van der Waals surface area contributed by atoms with Gasteiger partial charge in [-0.1, -0.05) is 19.9 Å². The molecule has 15 heavy (non-hydrogen) atoms. The van der Waals surface area contributed by atoms with Crippen LogP contribution in [0.3, 0.4) is 0 Å². The van der Waals surface area contributed by atoms with Crippen LogP contribution < -0.4 is 0 Å². The number of nitrogens with zero attached hydrogens (tertiary/aromatic N) is 1. The van der Waals surface area contributed by atoms with E-state index < -0.39 is 12.0 Å². The Balaban J connectivity index is 2.64. The first-order valence-electron chi connectivity index (χ1n) is 5.19. The van der Waals surface area contributed by atoms with Crippen molar-refractivity contribution in [1.29, 1.82) is 0 Å². The first-order valence-corrected chi connectivity index (χ1v) is 6.18. The Labute approximate surface area is 95.5 Å². The molecular weight excluding hydrogens is 210 g/mol. The highest BCUT2D eigenvalue weighted by Crippen LogP contribution is 2.31. The Bertz CT molecular complexity index is 253. The number of hydrogen-bond acceptors (Lipinski definition) is 3. The molecule has 0 aromatic carbocycles. The lowest BCUT2D eigenvalue weighted by atomic mass is 10.1. The maximum absolute atomic E-state index is 11.0. The summed E-state index contributed by atoms with van der Waals surface area (Å²) in [5.41, 5.74) is 0. The van der Waals surface area contributed by atoms with Gasteiger partial charge in [0, 0.05) is 23.6 Å². The monoisotopic (exact) mass is 229 g/mol. The smallest absolute Gasteiger partial charge is 0.324 e. The molecule has 0 aliphatic carbocycles. The largest absolute Gasteiger partial charge is 0.480 e. The maximum atomic E-state index is 11.0. The van der Waals surface area contributed by atoms with Crippen molar-refractivity contribution in [2.75, 3.05) is 18.8 Å². The molecule has 1 saturated heterocycles. The van der Waals surface area contributed by atoms with Crippen LogP contribution in [-0.2, 0) is 4.79 Å². The van der Waals surface area contributed by atoms with E-state index in [0.29, 0.717) is 0 Å². The van der Waals surface area contributed by atoms with E-state index in [1.807, 2.05) is 16.7 Å². The van der Waals surface area contributed by atoms with Crippen LogP contribution in [0, 0.1) is 0 Å². The van der Waals surface area contributed by atoms with Crippen molar-refractivity contribution < 1.29 is 9.90 Å². The van der Waals surface area contributed by atoms with Gasteiger partial charge in [0.1, 0.15) is 6.04 Å². The van der Waals surface area contributed by atoms with Crippen molar-refractivity contribution in [3.63, 3.8) is 0 Å². The van der Waals surface area contributed by atoms with Gasteiger partial charge in [0.15, 0.2) is 0 Å². The number of hydrogen-bond donors (Lipinski definition) is 1. The molecule has 1 unspecified atom stereocenters. The summed E-state index contributed by atoms with van der Waals surface area (Å²) < 4.78 is 0.263. The molecule has 4 heteroatoms. The normalized spacial score (nSPS) is 24.1. The van der Waals surface area contributed by atoms with E-state index in [-0.39, 0.29) is 4.75 Å². The van der Waals surface area contributed by atoms with Crippen LogP contribution in [0.25, 0.3) is 0 Å². The van der Waals surface area contributed by atoms with Crippen molar-refractivity contribution in [2.24, 2.45) is 0 Å². The number of carboxylic acid groups (broad SMARTS) is 1. The molecule has 1 atom stereocenters.